The van der Waals surface area contributed by atoms with Gasteiger partial charge in [0.2, 0.25) is 5.91 Å². The molecule has 0 aromatic heterocycles. The monoisotopic (exact) mass is 291 g/mol. The molecule has 1 amide bonds. The van der Waals surface area contributed by atoms with Crippen LogP contribution in [0.1, 0.15) is 29.6 Å². The van der Waals surface area contributed by atoms with Crippen LogP contribution in [0.5, 0.6) is 5.75 Å². The number of carboxylic acids is 1. The minimum Gasteiger partial charge on any atom is -0.489 e. The maximum absolute atomic E-state index is 12.4. The molecular weight excluding hydrogens is 274 g/mol. The molecule has 1 unspecified atom stereocenters. The molecule has 3 rings (SSSR count). The van der Waals surface area contributed by atoms with Crippen LogP contribution in [0.2, 0.25) is 0 Å². The number of aromatic carboxylic acids is 1. The number of carbonyl (C=O) groups excluding carboxylic acids is 1. The van der Waals surface area contributed by atoms with Crippen LogP contribution < -0.4 is 9.64 Å². The number of fused-ring (bicyclic) bond motifs is 1. The average Bonchev–Trinajstić information content (AvgIpc) is 2.98. The Morgan fingerprint density at radius 1 is 1.33 bits per heavy atom. The highest BCUT2D eigenvalue weighted by atomic mass is 16.5. The van der Waals surface area contributed by atoms with E-state index in [4.69, 9.17) is 9.47 Å². The van der Waals surface area contributed by atoms with E-state index in [2.05, 4.69) is 0 Å². The number of hydrogen-bond donors (Lipinski definition) is 1. The fourth-order valence-electron chi connectivity index (χ4n) is 2.79. The van der Waals surface area contributed by atoms with Gasteiger partial charge in [-0.15, -0.1) is 0 Å². The van der Waals surface area contributed by atoms with E-state index in [0.29, 0.717) is 31.9 Å². The van der Waals surface area contributed by atoms with E-state index < -0.39 is 5.97 Å². The summed E-state index contributed by atoms with van der Waals surface area (Å²) >= 11 is 0. The fraction of sp³-hybridized carbons (Fsp3) is 0.467. The molecule has 2 aliphatic rings. The van der Waals surface area contributed by atoms with Crippen LogP contribution in [-0.4, -0.2) is 42.8 Å². The highest BCUT2D eigenvalue weighted by Gasteiger charge is 2.29. The average molecular weight is 291 g/mol. The molecule has 1 saturated heterocycles. The first-order valence-electron chi connectivity index (χ1n) is 7.08. The zero-order chi connectivity index (χ0) is 14.8. The summed E-state index contributed by atoms with van der Waals surface area (Å²) in [4.78, 5) is 25.3. The first-order valence-corrected chi connectivity index (χ1v) is 7.08. The van der Waals surface area contributed by atoms with E-state index in [1.807, 2.05) is 0 Å². The molecule has 112 valence electrons. The van der Waals surface area contributed by atoms with Crippen molar-refractivity contribution in [3.05, 3.63) is 23.8 Å². The van der Waals surface area contributed by atoms with Gasteiger partial charge in [0.05, 0.1) is 24.8 Å². The van der Waals surface area contributed by atoms with Gasteiger partial charge in [-0.25, -0.2) is 4.79 Å². The van der Waals surface area contributed by atoms with Gasteiger partial charge in [0.25, 0.3) is 0 Å². The van der Waals surface area contributed by atoms with Gasteiger partial charge < -0.3 is 19.5 Å². The van der Waals surface area contributed by atoms with Gasteiger partial charge in [-0.05, 0) is 25.0 Å². The van der Waals surface area contributed by atoms with Crippen molar-refractivity contribution in [2.24, 2.45) is 0 Å². The largest absolute Gasteiger partial charge is 0.489 e. The van der Waals surface area contributed by atoms with Gasteiger partial charge in [0.1, 0.15) is 12.2 Å². The fourth-order valence-corrected chi connectivity index (χ4v) is 2.79. The Kier molecular flexibility index (Phi) is 3.79. The molecule has 6 heteroatoms. The molecule has 1 aromatic carbocycles. The number of carboxylic acid groups (broad SMARTS) is 1. The number of ether oxygens (including phenoxy) is 2. The van der Waals surface area contributed by atoms with Crippen LogP contribution in [0.3, 0.4) is 0 Å². The lowest BCUT2D eigenvalue weighted by atomic mass is 10.1. The van der Waals surface area contributed by atoms with E-state index in [9.17, 15) is 14.7 Å². The summed E-state index contributed by atoms with van der Waals surface area (Å²) in [5.74, 6) is -0.828. The van der Waals surface area contributed by atoms with Gasteiger partial charge in [-0.3, -0.25) is 4.79 Å². The van der Waals surface area contributed by atoms with Crippen molar-refractivity contribution in [2.75, 3.05) is 24.7 Å². The summed E-state index contributed by atoms with van der Waals surface area (Å²) in [7, 11) is 0. The number of para-hydroxylation sites is 1. The second kappa shape index (κ2) is 5.73. The molecule has 1 atom stereocenters. The number of rotatable bonds is 3. The van der Waals surface area contributed by atoms with Crippen molar-refractivity contribution in [1.82, 2.24) is 0 Å². The van der Waals surface area contributed by atoms with Gasteiger partial charge in [0, 0.05) is 6.61 Å². The normalized spacial score (nSPS) is 20.8. The van der Waals surface area contributed by atoms with Crippen molar-refractivity contribution in [1.29, 1.82) is 0 Å². The summed E-state index contributed by atoms with van der Waals surface area (Å²) in [6.45, 7) is 1.44. The Balaban J connectivity index is 1.84. The Labute approximate surface area is 122 Å². The van der Waals surface area contributed by atoms with Crippen molar-refractivity contribution >= 4 is 17.6 Å². The van der Waals surface area contributed by atoms with Crippen LogP contribution in [0, 0.1) is 0 Å². The van der Waals surface area contributed by atoms with E-state index in [0.717, 1.165) is 12.8 Å². The zero-order valence-electron chi connectivity index (χ0n) is 11.6. The maximum atomic E-state index is 12.4. The quantitative estimate of drug-likeness (QED) is 0.917. The molecule has 0 bridgehead atoms. The minimum atomic E-state index is -1.06. The summed E-state index contributed by atoms with van der Waals surface area (Å²) in [6.07, 6.45) is 2.20. The number of nitrogens with zero attached hydrogens (tertiary/aromatic N) is 1. The zero-order valence-corrected chi connectivity index (χ0v) is 11.6. The third kappa shape index (κ3) is 2.71. The number of anilines is 1. The van der Waals surface area contributed by atoms with Gasteiger partial charge in [-0.2, -0.15) is 0 Å². The first kappa shape index (κ1) is 13.9. The van der Waals surface area contributed by atoms with Crippen LogP contribution >= 0.6 is 0 Å². The molecule has 21 heavy (non-hydrogen) atoms. The molecule has 0 spiro atoms. The highest BCUT2D eigenvalue weighted by Crippen LogP contribution is 2.35. The summed E-state index contributed by atoms with van der Waals surface area (Å²) in [6, 6.07) is 4.83. The van der Waals surface area contributed by atoms with Gasteiger partial charge in [0.15, 0.2) is 5.75 Å². The molecule has 0 radical (unpaired) electrons. The van der Waals surface area contributed by atoms with Crippen molar-refractivity contribution in [3.63, 3.8) is 0 Å². The first-order chi connectivity index (χ1) is 10.2. The molecule has 1 fully saturated rings. The minimum absolute atomic E-state index is 0.0218. The standard InChI is InChI=1S/C15H17NO5/c17-13(9-10-3-2-7-20-10)16-6-8-21-14-11(15(18)19)4-1-5-12(14)16/h1,4-5,10H,2-3,6-9H2,(H,18,19). The Bertz CT molecular complexity index is 565. The predicted octanol–water partition coefficient (Wildman–Crippen LogP) is 1.68. The third-order valence-corrected chi connectivity index (χ3v) is 3.80. The lowest BCUT2D eigenvalue weighted by Gasteiger charge is -2.31. The molecular formula is C15H17NO5. The highest BCUT2D eigenvalue weighted by molar-refractivity contribution is 6.00. The molecule has 1 N–H and O–H groups in total. The number of hydrogen-bond acceptors (Lipinski definition) is 4. The topological polar surface area (TPSA) is 76.1 Å². The number of carbonyl (C=O) groups is 2. The van der Waals surface area contributed by atoms with Crippen molar-refractivity contribution < 1.29 is 24.2 Å². The molecule has 0 aliphatic carbocycles. The lowest BCUT2D eigenvalue weighted by molar-refractivity contribution is -0.121. The predicted molar refractivity (Wildman–Crippen MR) is 74.8 cm³/mol. The van der Waals surface area contributed by atoms with Gasteiger partial charge >= 0.3 is 5.97 Å². The van der Waals surface area contributed by atoms with Crippen molar-refractivity contribution in [2.45, 2.75) is 25.4 Å². The van der Waals surface area contributed by atoms with Crippen LogP contribution in [0.4, 0.5) is 5.69 Å². The molecule has 6 nitrogen and oxygen atoms in total. The number of amides is 1. The smallest absolute Gasteiger partial charge is 0.339 e. The van der Waals surface area contributed by atoms with Gasteiger partial charge in [-0.1, -0.05) is 6.07 Å². The van der Waals surface area contributed by atoms with Crippen molar-refractivity contribution in [3.8, 4) is 5.75 Å². The maximum Gasteiger partial charge on any atom is 0.339 e. The van der Waals surface area contributed by atoms with E-state index >= 15 is 0 Å². The van der Waals surface area contributed by atoms with Crippen LogP contribution in [0.25, 0.3) is 0 Å². The molecule has 2 heterocycles. The summed E-state index contributed by atoms with van der Waals surface area (Å²) in [5.41, 5.74) is 0.617. The number of benzene rings is 1. The second-order valence-electron chi connectivity index (χ2n) is 5.19. The molecule has 0 saturated carbocycles. The Morgan fingerprint density at radius 2 is 2.19 bits per heavy atom. The third-order valence-electron chi connectivity index (χ3n) is 3.80. The van der Waals surface area contributed by atoms with Crippen LogP contribution in [-0.2, 0) is 9.53 Å². The van der Waals surface area contributed by atoms with Crippen LogP contribution in [0.15, 0.2) is 18.2 Å². The summed E-state index contributed by atoms with van der Waals surface area (Å²) in [5, 5.41) is 9.19. The van der Waals surface area contributed by atoms with E-state index in [1.54, 1.807) is 17.0 Å². The SMILES string of the molecule is O=C(O)c1cccc2c1OCCN2C(=O)CC1CCCO1. The molecule has 1 aromatic rings. The molecule has 2 aliphatic heterocycles. The van der Waals surface area contributed by atoms with E-state index in [-0.39, 0.29) is 23.3 Å². The Hall–Kier alpha value is -2.08. The second-order valence-corrected chi connectivity index (χ2v) is 5.19. The Morgan fingerprint density at radius 3 is 2.90 bits per heavy atom. The summed E-state index contributed by atoms with van der Waals surface area (Å²) < 4.78 is 11.0. The lowest BCUT2D eigenvalue weighted by Crippen LogP contribution is -2.39. The van der Waals surface area contributed by atoms with E-state index in [1.165, 1.54) is 6.07 Å².